The van der Waals surface area contributed by atoms with Crippen LogP contribution in [-0.4, -0.2) is 62.4 Å². The van der Waals surface area contributed by atoms with Crippen molar-refractivity contribution in [2.75, 3.05) is 46.6 Å². The van der Waals surface area contributed by atoms with Gasteiger partial charge in [-0.3, -0.25) is 0 Å². The average Bonchev–Trinajstić information content (AvgIpc) is 2.78. The molecule has 0 saturated carbocycles. The molecule has 0 amide bonds. The van der Waals surface area contributed by atoms with Gasteiger partial charge in [0.2, 0.25) is 5.88 Å². The number of morpholine rings is 1. The third kappa shape index (κ3) is 6.18. The first-order valence-electron chi connectivity index (χ1n) is 10.5. The molecule has 30 heavy (non-hydrogen) atoms. The van der Waals surface area contributed by atoms with Gasteiger partial charge in [0.25, 0.3) is 0 Å². The quantitative estimate of drug-likeness (QED) is 0.408. The standard InChI is InChI=1S/C23H32N4O3/c1-4-24-23(26-16-19-9-10-22(25-15-19)30-14-13-28-3)27-11-12-29-21(17-27)20-8-6-5-7-18(20)2/h5-10,15,21H,4,11-14,16-17H2,1-3H3,(H,24,26). The van der Waals surface area contributed by atoms with Gasteiger partial charge < -0.3 is 24.4 Å². The molecule has 0 radical (unpaired) electrons. The summed E-state index contributed by atoms with van der Waals surface area (Å²) in [6.45, 7) is 8.90. The van der Waals surface area contributed by atoms with Crippen LogP contribution >= 0.6 is 0 Å². The van der Waals surface area contributed by atoms with Gasteiger partial charge >= 0.3 is 0 Å². The maximum absolute atomic E-state index is 6.06. The summed E-state index contributed by atoms with van der Waals surface area (Å²) in [4.78, 5) is 11.5. The van der Waals surface area contributed by atoms with Gasteiger partial charge in [-0.2, -0.15) is 0 Å². The van der Waals surface area contributed by atoms with Crippen LogP contribution in [0.2, 0.25) is 0 Å². The zero-order chi connectivity index (χ0) is 21.2. The fourth-order valence-corrected chi connectivity index (χ4v) is 3.39. The maximum atomic E-state index is 6.06. The maximum Gasteiger partial charge on any atom is 0.213 e. The summed E-state index contributed by atoms with van der Waals surface area (Å²) in [7, 11) is 1.65. The number of methoxy groups -OCH3 is 1. The molecule has 1 fully saturated rings. The molecule has 2 heterocycles. The highest BCUT2D eigenvalue weighted by Gasteiger charge is 2.25. The molecule has 1 unspecified atom stereocenters. The number of hydrogen-bond donors (Lipinski definition) is 1. The number of aromatic nitrogens is 1. The molecule has 3 rings (SSSR count). The molecule has 162 valence electrons. The molecule has 0 bridgehead atoms. The number of nitrogens with zero attached hydrogens (tertiary/aromatic N) is 3. The minimum absolute atomic E-state index is 0.0500. The average molecular weight is 413 g/mol. The van der Waals surface area contributed by atoms with Crippen molar-refractivity contribution in [1.82, 2.24) is 15.2 Å². The predicted octanol–water partition coefficient (Wildman–Crippen LogP) is 2.95. The number of benzene rings is 1. The van der Waals surface area contributed by atoms with Gasteiger partial charge in [0.05, 0.1) is 26.3 Å². The first-order chi connectivity index (χ1) is 14.7. The van der Waals surface area contributed by atoms with E-state index in [0.29, 0.717) is 32.2 Å². The van der Waals surface area contributed by atoms with E-state index in [4.69, 9.17) is 19.2 Å². The summed E-state index contributed by atoms with van der Waals surface area (Å²) in [5.74, 6) is 1.50. The molecule has 7 heteroatoms. The summed E-state index contributed by atoms with van der Waals surface area (Å²) in [5, 5.41) is 3.42. The second kappa shape index (κ2) is 11.5. The van der Waals surface area contributed by atoms with Crippen LogP contribution in [0.15, 0.2) is 47.6 Å². The Balaban J connectivity index is 1.64. The van der Waals surface area contributed by atoms with Crippen molar-refractivity contribution in [2.24, 2.45) is 4.99 Å². The molecule has 1 atom stereocenters. The highest BCUT2D eigenvalue weighted by atomic mass is 16.5. The lowest BCUT2D eigenvalue weighted by Gasteiger charge is -2.35. The number of ether oxygens (including phenoxy) is 3. The van der Waals surface area contributed by atoms with Crippen molar-refractivity contribution in [3.63, 3.8) is 0 Å². The van der Waals surface area contributed by atoms with Crippen LogP contribution in [0.4, 0.5) is 0 Å². The lowest BCUT2D eigenvalue weighted by atomic mass is 10.0. The van der Waals surface area contributed by atoms with Gasteiger partial charge in [0.15, 0.2) is 5.96 Å². The van der Waals surface area contributed by atoms with Gasteiger partial charge in [-0.15, -0.1) is 0 Å². The molecule has 1 saturated heterocycles. The highest BCUT2D eigenvalue weighted by molar-refractivity contribution is 5.80. The summed E-state index contributed by atoms with van der Waals surface area (Å²) < 4.78 is 16.6. The largest absolute Gasteiger partial charge is 0.475 e. The molecular formula is C23H32N4O3. The topological polar surface area (TPSA) is 68.2 Å². The van der Waals surface area contributed by atoms with E-state index >= 15 is 0 Å². The predicted molar refractivity (Wildman–Crippen MR) is 118 cm³/mol. The summed E-state index contributed by atoms with van der Waals surface area (Å²) in [6, 6.07) is 12.3. The van der Waals surface area contributed by atoms with E-state index in [0.717, 1.165) is 31.2 Å². The van der Waals surface area contributed by atoms with Crippen molar-refractivity contribution in [3.8, 4) is 5.88 Å². The van der Waals surface area contributed by atoms with Crippen LogP contribution < -0.4 is 10.1 Å². The Bertz CT molecular complexity index is 810. The third-order valence-corrected chi connectivity index (χ3v) is 4.98. The van der Waals surface area contributed by atoms with E-state index in [1.165, 1.54) is 11.1 Å². The second-order valence-corrected chi connectivity index (χ2v) is 7.18. The number of nitrogens with one attached hydrogen (secondary N) is 1. The van der Waals surface area contributed by atoms with Gasteiger partial charge in [0.1, 0.15) is 12.7 Å². The molecule has 1 aromatic heterocycles. The molecule has 7 nitrogen and oxygen atoms in total. The van der Waals surface area contributed by atoms with Crippen molar-refractivity contribution >= 4 is 5.96 Å². The second-order valence-electron chi connectivity index (χ2n) is 7.18. The molecule has 1 aliphatic heterocycles. The van der Waals surface area contributed by atoms with Crippen LogP contribution in [0.5, 0.6) is 5.88 Å². The van der Waals surface area contributed by atoms with Crippen molar-refractivity contribution in [3.05, 3.63) is 59.3 Å². The Morgan fingerprint density at radius 3 is 2.87 bits per heavy atom. The van der Waals surface area contributed by atoms with Gasteiger partial charge in [-0.1, -0.05) is 30.3 Å². The molecular weight excluding hydrogens is 380 g/mol. The van der Waals surface area contributed by atoms with Crippen LogP contribution in [-0.2, 0) is 16.0 Å². The van der Waals surface area contributed by atoms with E-state index in [1.54, 1.807) is 7.11 Å². The molecule has 0 aliphatic carbocycles. The first kappa shape index (κ1) is 22.1. The van der Waals surface area contributed by atoms with Gasteiger partial charge in [-0.05, 0) is 30.5 Å². The van der Waals surface area contributed by atoms with Crippen molar-refractivity contribution in [2.45, 2.75) is 26.5 Å². The molecule has 1 aromatic carbocycles. The van der Waals surface area contributed by atoms with E-state index in [9.17, 15) is 0 Å². The Morgan fingerprint density at radius 1 is 1.27 bits per heavy atom. The van der Waals surface area contributed by atoms with Crippen molar-refractivity contribution < 1.29 is 14.2 Å². The fraction of sp³-hybridized carbons (Fsp3) is 0.478. The van der Waals surface area contributed by atoms with Gasteiger partial charge in [-0.25, -0.2) is 9.98 Å². The highest BCUT2D eigenvalue weighted by Crippen LogP contribution is 2.25. The Hall–Kier alpha value is -2.64. The summed E-state index contributed by atoms with van der Waals surface area (Å²) in [6.07, 6.45) is 1.86. The van der Waals surface area contributed by atoms with Gasteiger partial charge in [0, 0.05) is 32.5 Å². The van der Waals surface area contributed by atoms with Crippen LogP contribution in [0.25, 0.3) is 0 Å². The van der Waals surface area contributed by atoms with Crippen LogP contribution in [0, 0.1) is 6.92 Å². The Kier molecular flexibility index (Phi) is 8.47. The number of guanidine groups is 1. The zero-order valence-electron chi connectivity index (χ0n) is 18.1. The lowest BCUT2D eigenvalue weighted by molar-refractivity contribution is -0.00834. The SMILES string of the molecule is CCNC(=NCc1ccc(OCCOC)nc1)N1CCOC(c2ccccc2C)C1. The van der Waals surface area contributed by atoms with E-state index in [-0.39, 0.29) is 6.10 Å². The summed E-state index contributed by atoms with van der Waals surface area (Å²) >= 11 is 0. The van der Waals surface area contributed by atoms with E-state index < -0.39 is 0 Å². The Morgan fingerprint density at radius 2 is 2.13 bits per heavy atom. The minimum Gasteiger partial charge on any atom is -0.475 e. The monoisotopic (exact) mass is 412 g/mol. The molecule has 1 aliphatic rings. The summed E-state index contributed by atoms with van der Waals surface area (Å²) in [5.41, 5.74) is 3.53. The Labute approximate surface area is 179 Å². The number of aliphatic imine (C=N–C) groups is 1. The normalized spacial score (nSPS) is 17.1. The van der Waals surface area contributed by atoms with Crippen molar-refractivity contribution in [1.29, 1.82) is 0 Å². The number of pyridine rings is 1. The molecule has 1 N–H and O–H groups in total. The van der Waals surface area contributed by atoms with Crippen LogP contribution in [0.1, 0.15) is 29.7 Å². The smallest absolute Gasteiger partial charge is 0.213 e. The third-order valence-electron chi connectivity index (χ3n) is 4.98. The van der Waals surface area contributed by atoms with E-state index in [2.05, 4.69) is 53.3 Å². The zero-order valence-corrected chi connectivity index (χ0v) is 18.1. The molecule has 2 aromatic rings. The minimum atomic E-state index is 0.0500. The fourth-order valence-electron chi connectivity index (χ4n) is 3.39. The van der Waals surface area contributed by atoms with E-state index in [1.807, 2.05) is 18.3 Å². The number of rotatable bonds is 8. The van der Waals surface area contributed by atoms with Crippen LogP contribution in [0.3, 0.4) is 0 Å². The lowest BCUT2D eigenvalue weighted by Crippen LogP contribution is -2.48. The molecule has 0 spiro atoms. The number of aryl methyl sites for hydroxylation is 1. The first-order valence-corrected chi connectivity index (χ1v) is 10.5. The number of hydrogen-bond acceptors (Lipinski definition) is 5.